The number of aryl methyl sites for hydroxylation is 1. The first-order valence-electron chi connectivity index (χ1n) is 3.98. The lowest BCUT2D eigenvalue weighted by atomic mass is 10.4. The number of rotatable bonds is 4. The minimum Gasteiger partial charge on any atom is -0.378 e. The maximum Gasteiger partial charge on any atom is 0.0929 e. The molecule has 1 aromatic heterocycles. The SMILES string of the molecule is CCc1nc(COC)c(CN)s1. The molecule has 1 rings (SSSR count). The molecule has 1 heterocycles. The molecule has 0 atom stereocenters. The van der Waals surface area contributed by atoms with Gasteiger partial charge < -0.3 is 10.5 Å². The molecule has 0 saturated carbocycles. The Kier molecular flexibility index (Phi) is 3.65. The minimum absolute atomic E-state index is 0.566. The molecule has 3 nitrogen and oxygen atoms in total. The van der Waals surface area contributed by atoms with E-state index < -0.39 is 0 Å². The number of nitrogens with zero attached hydrogens (tertiary/aromatic N) is 1. The molecule has 0 bridgehead atoms. The van der Waals surface area contributed by atoms with Crippen molar-refractivity contribution in [2.75, 3.05) is 7.11 Å². The van der Waals surface area contributed by atoms with E-state index in [1.807, 2.05) is 0 Å². The van der Waals surface area contributed by atoms with Crippen molar-refractivity contribution in [3.05, 3.63) is 15.6 Å². The standard InChI is InChI=1S/C8H14N2OS/c1-3-8-10-6(5-11-2)7(4-9)12-8/h3-5,9H2,1-2H3. The summed E-state index contributed by atoms with van der Waals surface area (Å²) in [7, 11) is 1.67. The third-order valence-electron chi connectivity index (χ3n) is 1.59. The van der Waals surface area contributed by atoms with E-state index in [2.05, 4.69) is 11.9 Å². The molecular weight excluding hydrogens is 172 g/mol. The summed E-state index contributed by atoms with van der Waals surface area (Å²) in [5.74, 6) is 0. The first kappa shape index (κ1) is 9.64. The summed E-state index contributed by atoms with van der Waals surface area (Å²) in [6, 6.07) is 0. The number of methoxy groups -OCH3 is 1. The molecule has 0 fully saturated rings. The number of nitrogens with two attached hydrogens (primary N) is 1. The van der Waals surface area contributed by atoms with E-state index >= 15 is 0 Å². The van der Waals surface area contributed by atoms with Gasteiger partial charge in [-0.05, 0) is 6.42 Å². The van der Waals surface area contributed by atoms with Crippen LogP contribution in [-0.2, 0) is 24.3 Å². The van der Waals surface area contributed by atoms with Crippen molar-refractivity contribution in [3.63, 3.8) is 0 Å². The van der Waals surface area contributed by atoms with Crippen LogP contribution in [0.5, 0.6) is 0 Å². The molecular formula is C8H14N2OS. The van der Waals surface area contributed by atoms with E-state index in [1.54, 1.807) is 18.4 Å². The third kappa shape index (κ3) is 2.03. The Labute approximate surface area is 76.6 Å². The van der Waals surface area contributed by atoms with Crippen LogP contribution in [-0.4, -0.2) is 12.1 Å². The zero-order valence-electron chi connectivity index (χ0n) is 7.46. The van der Waals surface area contributed by atoms with Crippen molar-refractivity contribution < 1.29 is 4.74 Å². The Morgan fingerprint density at radius 1 is 1.58 bits per heavy atom. The van der Waals surface area contributed by atoms with Gasteiger partial charge in [-0.15, -0.1) is 11.3 Å². The lowest BCUT2D eigenvalue weighted by molar-refractivity contribution is 0.181. The van der Waals surface area contributed by atoms with E-state index in [0.29, 0.717) is 13.2 Å². The van der Waals surface area contributed by atoms with Crippen LogP contribution in [0.25, 0.3) is 0 Å². The van der Waals surface area contributed by atoms with Gasteiger partial charge in [-0.2, -0.15) is 0 Å². The lowest BCUT2D eigenvalue weighted by Crippen LogP contribution is -1.99. The van der Waals surface area contributed by atoms with Crippen molar-refractivity contribution in [1.82, 2.24) is 4.98 Å². The summed E-state index contributed by atoms with van der Waals surface area (Å²) in [6.07, 6.45) is 0.974. The molecule has 68 valence electrons. The van der Waals surface area contributed by atoms with Gasteiger partial charge in [0.05, 0.1) is 17.3 Å². The zero-order chi connectivity index (χ0) is 8.97. The van der Waals surface area contributed by atoms with Crippen LogP contribution in [0.4, 0.5) is 0 Å². The maximum atomic E-state index is 5.56. The van der Waals surface area contributed by atoms with Crippen LogP contribution in [0.1, 0.15) is 22.5 Å². The van der Waals surface area contributed by atoms with Gasteiger partial charge in [0.2, 0.25) is 0 Å². The monoisotopic (exact) mass is 186 g/mol. The Morgan fingerprint density at radius 3 is 2.83 bits per heavy atom. The van der Waals surface area contributed by atoms with Crippen molar-refractivity contribution in [1.29, 1.82) is 0 Å². The van der Waals surface area contributed by atoms with Gasteiger partial charge in [0.25, 0.3) is 0 Å². The highest BCUT2D eigenvalue weighted by atomic mass is 32.1. The fourth-order valence-electron chi connectivity index (χ4n) is 0.997. The quantitative estimate of drug-likeness (QED) is 0.771. The van der Waals surface area contributed by atoms with Gasteiger partial charge in [0, 0.05) is 18.5 Å². The summed E-state index contributed by atoms with van der Waals surface area (Å²) in [6.45, 7) is 3.23. The largest absolute Gasteiger partial charge is 0.378 e. The van der Waals surface area contributed by atoms with Crippen LogP contribution < -0.4 is 5.73 Å². The topological polar surface area (TPSA) is 48.1 Å². The van der Waals surface area contributed by atoms with Crippen LogP contribution in [0, 0.1) is 0 Å². The molecule has 0 amide bonds. The molecule has 1 aromatic rings. The third-order valence-corrected chi connectivity index (χ3v) is 2.86. The van der Waals surface area contributed by atoms with Gasteiger partial charge in [0.15, 0.2) is 0 Å². The minimum atomic E-state index is 0.566. The molecule has 4 heteroatoms. The first-order chi connectivity index (χ1) is 5.81. The van der Waals surface area contributed by atoms with Gasteiger partial charge in [0.1, 0.15) is 0 Å². The molecule has 12 heavy (non-hydrogen) atoms. The number of ether oxygens (including phenoxy) is 1. The highest BCUT2D eigenvalue weighted by Crippen LogP contribution is 2.18. The number of hydrogen-bond acceptors (Lipinski definition) is 4. The molecule has 0 aliphatic heterocycles. The molecule has 0 radical (unpaired) electrons. The van der Waals surface area contributed by atoms with Crippen LogP contribution in [0.3, 0.4) is 0 Å². The fraction of sp³-hybridized carbons (Fsp3) is 0.625. The highest BCUT2D eigenvalue weighted by Gasteiger charge is 2.07. The van der Waals surface area contributed by atoms with Gasteiger partial charge in [-0.3, -0.25) is 0 Å². The Balaban J connectivity index is 2.84. The summed E-state index contributed by atoms with van der Waals surface area (Å²) in [4.78, 5) is 5.55. The van der Waals surface area contributed by atoms with E-state index in [4.69, 9.17) is 10.5 Å². The molecule has 0 spiro atoms. The summed E-state index contributed by atoms with van der Waals surface area (Å²) in [5, 5.41) is 1.14. The predicted octanol–water partition coefficient (Wildman–Crippen LogP) is 1.31. The summed E-state index contributed by atoms with van der Waals surface area (Å²) < 4.78 is 5.02. The smallest absolute Gasteiger partial charge is 0.0929 e. The molecule has 0 aliphatic rings. The Bertz CT molecular complexity index is 247. The van der Waals surface area contributed by atoms with Crippen LogP contribution >= 0.6 is 11.3 Å². The Hall–Kier alpha value is -0.450. The van der Waals surface area contributed by atoms with Crippen molar-refractivity contribution in [2.45, 2.75) is 26.5 Å². The lowest BCUT2D eigenvalue weighted by Gasteiger charge is -1.95. The second-order valence-electron chi connectivity index (χ2n) is 2.47. The average molecular weight is 186 g/mol. The average Bonchev–Trinajstić information content (AvgIpc) is 2.48. The number of hydrogen-bond donors (Lipinski definition) is 1. The number of aromatic nitrogens is 1. The van der Waals surface area contributed by atoms with Gasteiger partial charge in [-0.1, -0.05) is 6.92 Å². The van der Waals surface area contributed by atoms with Gasteiger partial charge in [-0.25, -0.2) is 4.98 Å². The maximum absolute atomic E-state index is 5.56. The fourth-order valence-corrected chi connectivity index (χ4v) is 1.89. The predicted molar refractivity (Wildman–Crippen MR) is 50.1 cm³/mol. The van der Waals surface area contributed by atoms with Crippen LogP contribution in [0.2, 0.25) is 0 Å². The van der Waals surface area contributed by atoms with Gasteiger partial charge >= 0.3 is 0 Å². The molecule has 0 aromatic carbocycles. The normalized spacial score (nSPS) is 10.6. The molecule has 0 aliphatic carbocycles. The Morgan fingerprint density at radius 2 is 2.33 bits per heavy atom. The second kappa shape index (κ2) is 4.54. The summed E-state index contributed by atoms with van der Waals surface area (Å²) >= 11 is 1.68. The van der Waals surface area contributed by atoms with Crippen molar-refractivity contribution in [2.24, 2.45) is 5.73 Å². The van der Waals surface area contributed by atoms with E-state index in [0.717, 1.165) is 22.0 Å². The molecule has 2 N–H and O–H groups in total. The zero-order valence-corrected chi connectivity index (χ0v) is 8.28. The summed E-state index contributed by atoms with van der Waals surface area (Å²) in [5.41, 5.74) is 6.57. The van der Waals surface area contributed by atoms with E-state index in [9.17, 15) is 0 Å². The first-order valence-corrected chi connectivity index (χ1v) is 4.79. The van der Waals surface area contributed by atoms with Crippen molar-refractivity contribution in [3.8, 4) is 0 Å². The van der Waals surface area contributed by atoms with Crippen LogP contribution in [0.15, 0.2) is 0 Å². The van der Waals surface area contributed by atoms with E-state index in [-0.39, 0.29) is 0 Å². The number of thiazole rings is 1. The molecule has 0 unspecified atom stereocenters. The molecule has 0 saturated heterocycles. The second-order valence-corrected chi connectivity index (χ2v) is 3.64. The van der Waals surface area contributed by atoms with Crippen molar-refractivity contribution >= 4 is 11.3 Å². The van der Waals surface area contributed by atoms with E-state index in [1.165, 1.54) is 0 Å². The highest BCUT2D eigenvalue weighted by molar-refractivity contribution is 7.11.